The van der Waals surface area contributed by atoms with E-state index >= 15 is 0 Å². The van der Waals surface area contributed by atoms with Crippen LogP contribution >= 0.6 is 0 Å². The summed E-state index contributed by atoms with van der Waals surface area (Å²) in [7, 11) is 0. The van der Waals surface area contributed by atoms with E-state index in [9.17, 15) is 9.59 Å². The molecule has 1 amide bonds. The Morgan fingerprint density at radius 2 is 1.48 bits per heavy atom. The molecule has 0 saturated carbocycles. The van der Waals surface area contributed by atoms with Crippen LogP contribution in [-0.4, -0.2) is 18.5 Å². The first-order valence-electron chi connectivity index (χ1n) is 7.55. The Kier molecular flexibility index (Phi) is 5.52. The van der Waals surface area contributed by atoms with Gasteiger partial charge >= 0.3 is 5.97 Å². The molecule has 23 heavy (non-hydrogen) atoms. The van der Waals surface area contributed by atoms with Crippen molar-refractivity contribution in [1.82, 2.24) is 5.32 Å². The van der Waals surface area contributed by atoms with E-state index in [4.69, 9.17) is 4.74 Å². The van der Waals surface area contributed by atoms with Crippen LogP contribution in [0.25, 0.3) is 0 Å². The summed E-state index contributed by atoms with van der Waals surface area (Å²) in [5.41, 5.74) is 3.68. The fraction of sp³-hybridized carbons (Fsp3) is 0.263. The van der Waals surface area contributed by atoms with Gasteiger partial charge in [-0.2, -0.15) is 0 Å². The van der Waals surface area contributed by atoms with Gasteiger partial charge in [-0.15, -0.1) is 0 Å². The number of carbonyl (C=O) groups is 2. The third-order valence-electron chi connectivity index (χ3n) is 3.58. The molecule has 4 heteroatoms. The maximum Gasteiger partial charge on any atom is 0.338 e. The van der Waals surface area contributed by atoms with Crippen LogP contribution < -0.4 is 5.32 Å². The summed E-state index contributed by atoms with van der Waals surface area (Å²) in [6.07, 6.45) is 0. The third kappa shape index (κ3) is 4.95. The Bertz CT molecular complexity index is 675. The fourth-order valence-corrected chi connectivity index (χ4v) is 2.13. The first-order chi connectivity index (χ1) is 11.0. The van der Waals surface area contributed by atoms with Crippen molar-refractivity contribution in [2.45, 2.75) is 26.8 Å². The Morgan fingerprint density at radius 1 is 0.957 bits per heavy atom. The van der Waals surface area contributed by atoms with E-state index in [-0.39, 0.29) is 18.6 Å². The molecule has 0 fully saturated rings. The van der Waals surface area contributed by atoms with E-state index in [1.165, 1.54) is 5.56 Å². The highest BCUT2D eigenvalue weighted by Gasteiger charge is 2.13. The number of nitrogens with one attached hydrogen (secondary N) is 1. The van der Waals surface area contributed by atoms with Gasteiger partial charge in [-0.1, -0.05) is 47.5 Å². The molecule has 0 heterocycles. The van der Waals surface area contributed by atoms with Crippen LogP contribution in [0.5, 0.6) is 0 Å². The van der Waals surface area contributed by atoms with Crippen LogP contribution in [0.3, 0.4) is 0 Å². The molecule has 0 aliphatic heterocycles. The smallest absolute Gasteiger partial charge is 0.338 e. The molecule has 0 bridgehead atoms. The minimum Gasteiger partial charge on any atom is -0.452 e. The van der Waals surface area contributed by atoms with Crippen molar-refractivity contribution in [1.29, 1.82) is 0 Å². The molecule has 4 nitrogen and oxygen atoms in total. The second-order valence-corrected chi connectivity index (χ2v) is 5.64. The van der Waals surface area contributed by atoms with E-state index in [0.29, 0.717) is 5.56 Å². The lowest BCUT2D eigenvalue weighted by molar-refractivity contribution is -0.124. The summed E-state index contributed by atoms with van der Waals surface area (Å²) in [5, 5.41) is 2.82. The molecule has 0 aliphatic rings. The van der Waals surface area contributed by atoms with Gasteiger partial charge in [-0.3, -0.25) is 4.79 Å². The maximum atomic E-state index is 11.9. The summed E-state index contributed by atoms with van der Waals surface area (Å²) in [6, 6.07) is 14.8. The minimum atomic E-state index is -0.497. The average molecular weight is 311 g/mol. The van der Waals surface area contributed by atoms with Crippen LogP contribution in [0.4, 0.5) is 0 Å². The van der Waals surface area contributed by atoms with Gasteiger partial charge < -0.3 is 10.1 Å². The number of amides is 1. The van der Waals surface area contributed by atoms with E-state index in [0.717, 1.165) is 11.1 Å². The van der Waals surface area contributed by atoms with Crippen LogP contribution in [0.15, 0.2) is 48.5 Å². The first-order valence-corrected chi connectivity index (χ1v) is 7.55. The van der Waals surface area contributed by atoms with Gasteiger partial charge in [0, 0.05) is 0 Å². The second-order valence-electron chi connectivity index (χ2n) is 5.64. The number of hydrogen-bond acceptors (Lipinski definition) is 3. The van der Waals surface area contributed by atoms with Gasteiger partial charge in [0.15, 0.2) is 6.61 Å². The Labute approximate surface area is 136 Å². The van der Waals surface area contributed by atoms with Crippen molar-refractivity contribution in [3.05, 3.63) is 70.8 Å². The van der Waals surface area contributed by atoms with E-state index in [1.54, 1.807) is 12.1 Å². The molecule has 2 aromatic carbocycles. The van der Waals surface area contributed by atoms with Crippen molar-refractivity contribution in [3.8, 4) is 0 Å². The zero-order valence-corrected chi connectivity index (χ0v) is 13.6. The maximum absolute atomic E-state index is 11.9. The Morgan fingerprint density at radius 3 is 2.04 bits per heavy atom. The SMILES string of the molecule is Cc1ccc(C(=O)OCC(=O)NC(C)c2ccc(C)cc2)cc1. The van der Waals surface area contributed by atoms with Gasteiger partial charge in [0.25, 0.3) is 5.91 Å². The van der Waals surface area contributed by atoms with Crippen molar-refractivity contribution in [3.63, 3.8) is 0 Å². The van der Waals surface area contributed by atoms with E-state index in [2.05, 4.69) is 5.32 Å². The lowest BCUT2D eigenvalue weighted by Crippen LogP contribution is -2.31. The predicted molar refractivity (Wildman–Crippen MR) is 89.2 cm³/mol. The standard InChI is InChI=1S/C19H21NO3/c1-13-4-8-16(9-5-13)15(3)20-18(21)12-23-19(22)17-10-6-14(2)7-11-17/h4-11,15H,12H2,1-3H3,(H,20,21). The molecule has 1 N–H and O–H groups in total. The number of ether oxygens (including phenoxy) is 1. The number of benzene rings is 2. The van der Waals surface area contributed by atoms with E-state index in [1.807, 2.05) is 57.2 Å². The number of aryl methyl sites for hydroxylation is 2. The molecule has 0 saturated heterocycles. The van der Waals surface area contributed by atoms with Gasteiger partial charge in [-0.05, 0) is 38.5 Å². The highest BCUT2D eigenvalue weighted by Crippen LogP contribution is 2.13. The summed E-state index contributed by atoms with van der Waals surface area (Å²) in [4.78, 5) is 23.7. The topological polar surface area (TPSA) is 55.4 Å². The molecule has 120 valence electrons. The van der Waals surface area contributed by atoms with Crippen LogP contribution in [0.1, 0.15) is 40.0 Å². The molecule has 0 radical (unpaired) electrons. The highest BCUT2D eigenvalue weighted by molar-refractivity contribution is 5.91. The van der Waals surface area contributed by atoms with Crippen LogP contribution in [0, 0.1) is 13.8 Å². The number of rotatable bonds is 5. The van der Waals surface area contributed by atoms with Crippen LogP contribution in [0.2, 0.25) is 0 Å². The quantitative estimate of drug-likeness (QED) is 0.862. The molecule has 2 aromatic rings. The average Bonchev–Trinajstić information content (AvgIpc) is 2.54. The van der Waals surface area contributed by atoms with E-state index < -0.39 is 5.97 Å². The van der Waals surface area contributed by atoms with Gasteiger partial charge in [-0.25, -0.2) is 4.79 Å². The van der Waals surface area contributed by atoms with Gasteiger partial charge in [0.1, 0.15) is 0 Å². The molecular formula is C19H21NO3. The monoisotopic (exact) mass is 311 g/mol. The lowest BCUT2D eigenvalue weighted by Gasteiger charge is -2.14. The Balaban J connectivity index is 1.83. The molecule has 1 atom stereocenters. The summed E-state index contributed by atoms with van der Waals surface area (Å²) in [6.45, 7) is 5.56. The largest absolute Gasteiger partial charge is 0.452 e. The molecule has 2 rings (SSSR count). The van der Waals surface area contributed by atoms with Crippen molar-refractivity contribution < 1.29 is 14.3 Å². The normalized spacial score (nSPS) is 11.6. The van der Waals surface area contributed by atoms with Gasteiger partial charge in [0.05, 0.1) is 11.6 Å². The first kappa shape index (κ1) is 16.7. The third-order valence-corrected chi connectivity index (χ3v) is 3.58. The van der Waals surface area contributed by atoms with Crippen LogP contribution in [-0.2, 0) is 9.53 Å². The van der Waals surface area contributed by atoms with Gasteiger partial charge in [0.2, 0.25) is 0 Å². The number of esters is 1. The summed E-state index contributed by atoms with van der Waals surface area (Å²) < 4.78 is 5.03. The summed E-state index contributed by atoms with van der Waals surface area (Å²) >= 11 is 0. The predicted octanol–water partition coefficient (Wildman–Crippen LogP) is 3.34. The number of carbonyl (C=O) groups excluding carboxylic acids is 2. The fourth-order valence-electron chi connectivity index (χ4n) is 2.13. The summed E-state index contributed by atoms with van der Waals surface area (Å²) in [5.74, 6) is -0.818. The molecular weight excluding hydrogens is 290 g/mol. The zero-order chi connectivity index (χ0) is 16.8. The molecule has 1 unspecified atom stereocenters. The highest BCUT2D eigenvalue weighted by atomic mass is 16.5. The number of hydrogen-bond donors (Lipinski definition) is 1. The molecule has 0 aliphatic carbocycles. The van der Waals surface area contributed by atoms with Crippen molar-refractivity contribution in [2.24, 2.45) is 0 Å². The second kappa shape index (κ2) is 7.58. The van der Waals surface area contributed by atoms with Crippen molar-refractivity contribution >= 4 is 11.9 Å². The zero-order valence-electron chi connectivity index (χ0n) is 13.6. The lowest BCUT2D eigenvalue weighted by atomic mass is 10.1. The van der Waals surface area contributed by atoms with Crippen molar-refractivity contribution in [2.75, 3.05) is 6.61 Å². The molecule has 0 aromatic heterocycles. The minimum absolute atomic E-state index is 0.138. The Hall–Kier alpha value is -2.62. The molecule has 0 spiro atoms.